The number of nitrogens with zero attached hydrogens (tertiary/aromatic N) is 3. The number of hydrogen-bond donors (Lipinski definition) is 3. The van der Waals surface area contributed by atoms with Crippen molar-refractivity contribution in [3.05, 3.63) is 62.6 Å². The van der Waals surface area contributed by atoms with Gasteiger partial charge < -0.3 is 24.6 Å². The summed E-state index contributed by atoms with van der Waals surface area (Å²) in [6, 6.07) is 6.63. The molecule has 4 atom stereocenters. The molecule has 28 heavy (non-hydrogen) atoms. The van der Waals surface area contributed by atoms with Crippen LogP contribution in [0.5, 0.6) is 0 Å². The Morgan fingerprint density at radius 1 is 1.18 bits per heavy atom. The van der Waals surface area contributed by atoms with E-state index in [9.17, 15) is 24.9 Å². The van der Waals surface area contributed by atoms with Crippen LogP contribution in [0, 0.1) is 6.92 Å². The van der Waals surface area contributed by atoms with Crippen molar-refractivity contribution in [3.8, 4) is 0 Å². The van der Waals surface area contributed by atoms with E-state index in [1.807, 2.05) is 13.0 Å². The summed E-state index contributed by atoms with van der Waals surface area (Å²) < 4.78 is 12.6. The van der Waals surface area contributed by atoms with Crippen LogP contribution in [0.1, 0.15) is 17.5 Å². The number of benzene rings is 1. The molecule has 2 aromatic heterocycles. The van der Waals surface area contributed by atoms with Gasteiger partial charge in [0, 0.05) is 17.6 Å². The number of aryl methyl sites for hydroxylation is 1. The van der Waals surface area contributed by atoms with Crippen LogP contribution in [0.15, 0.2) is 44.6 Å². The van der Waals surface area contributed by atoms with Crippen LogP contribution in [0.2, 0.25) is 0 Å². The van der Waals surface area contributed by atoms with Gasteiger partial charge in [0.05, 0.1) is 13.2 Å². The molecule has 0 spiro atoms. The highest BCUT2D eigenvalue weighted by Crippen LogP contribution is 2.28. The van der Waals surface area contributed by atoms with Crippen molar-refractivity contribution in [2.75, 3.05) is 6.61 Å². The summed E-state index contributed by atoms with van der Waals surface area (Å²) in [6.07, 6.45) is -3.87. The predicted molar refractivity (Wildman–Crippen MR) is 95.8 cm³/mol. The molecule has 3 N–H and O–H groups in total. The molecule has 1 saturated heterocycles. The summed E-state index contributed by atoms with van der Waals surface area (Å²) in [4.78, 5) is 25.2. The van der Waals surface area contributed by atoms with E-state index in [1.165, 1.54) is 6.20 Å². The maximum absolute atomic E-state index is 12.9. The molecule has 10 heteroatoms. The van der Waals surface area contributed by atoms with Gasteiger partial charge in [-0.3, -0.25) is 13.9 Å². The Labute approximate surface area is 157 Å². The first-order valence-electron chi connectivity index (χ1n) is 8.70. The lowest BCUT2D eigenvalue weighted by atomic mass is 10.1. The van der Waals surface area contributed by atoms with Crippen molar-refractivity contribution < 1.29 is 24.6 Å². The lowest BCUT2D eigenvalue weighted by molar-refractivity contribution is -0.0555. The van der Waals surface area contributed by atoms with E-state index >= 15 is 0 Å². The number of aliphatic hydroxyl groups excluding tert-OH is 3. The number of rotatable bonds is 4. The fourth-order valence-electron chi connectivity index (χ4n) is 3.34. The molecule has 1 aromatic carbocycles. The second kappa shape index (κ2) is 6.99. The molecule has 4 rings (SSSR count). The first kappa shape index (κ1) is 18.6. The Morgan fingerprint density at radius 2 is 1.96 bits per heavy atom. The summed E-state index contributed by atoms with van der Waals surface area (Å²) in [6.45, 7) is 1.25. The van der Waals surface area contributed by atoms with Gasteiger partial charge in [-0.15, -0.1) is 0 Å². The Bertz CT molecular complexity index is 1130. The fraction of sp³-hybridized carbons (Fsp3) is 0.389. The molecule has 0 aliphatic carbocycles. The molecule has 3 heterocycles. The van der Waals surface area contributed by atoms with E-state index in [0.29, 0.717) is 16.7 Å². The molecule has 0 saturated carbocycles. The number of ether oxygens (including phenoxy) is 1. The molecule has 0 bridgehead atoms. The van der Waals surface area contributed by atoms with Crippen LogP contribution in [0.4, 0.5) is 0 Å². The maximum atomic E-state index is 12.9. The van der Waals surface area contributed by atoms with Crippen molar-refractivity contribution in [2.45, 2.75) is 38.0 Å². The standard InChI is InChI=1S/C18H19N3O7/c1-9-2-3-10-11(19-28-12(10)6-9)7-21-14(23)4-5-20(18(21)26)17-16(25)15(24)13(8-22)27-17/h2-6,13,15-17,22,24-25H,7-8H2,1H3/t13-,15+,16+,17-/m1/s1. The van der Waals surface area contributed by atoms with Crippen LogP contribution in [0.25, 0.3) is 11.0 Å². The molecule has 148 valence electrons. The maximum Gasteiger partial charge on any atom is 0.333 e. The van der Waals surface area contributed by atoms with E-state index in [0.717, 1.165) is 20.8 Å². The third-order valence-electron chi connectivity index (χ3n) is 4.90. The number of hydrogen-bond acceptors (Lipinski definition) is 8. The number of aromatic nitrogens is 3. The zero-order chi connectivity index (χ0) is 20.0. The molecule has 1 fully saturated rings. The van der Waals surface area contributed by atoms with Gasteiger partial charge in [0.15, 0.2) is 11.8 Å². The number of aliphatic hydroxyl groups is 3. The van der Waals surface area contributed by atoms with E-state index in [4.69, 9.17) is 9.26 Å². The first-order chi connectivity index (χ1) is 13.4. The molecule has 0 unspecified atom stereocenters. The second-order valence-electron chi connectivity index (χ2n) is 6.79. The zero-order valence-corrected chi connectivity index (χ0v) is 14.9. The predicted octanol–water partition coefficient (Wildman–Crippen LogP) is -0.881. The summed E-state index contributed by atoms with van der Waals surface area (Å²) in [5.41, 5.74) is 0.636. The summed E-state index contributed by atoms with van der Waals surface area (Å²) in [7, 11) is 0. The summed E-state index contributed by atoms with van der Waals surface area (Å²) in [5.74, 6) is 0. The van der Waals surface area contributed by atoms with Gasteiger partial charge in [-0.2, -0.15) is 0 Å². The van der Waals surface area contributed by atoms with Gasteiger partial charge in [-0.25, -0.2) is 4.79 Å². The minimum absolute atomic E-state index is 0.136. The lowest BCUT2D eigenvalue weighted by Crippen LogP contribution is -2.43. The Hall–Kier alpha value is -2.79. The van der Waals surface area contributed by atoms with E-state index in [2.05, 4.69) is 5.16 Å². The minimum Gasteiger partial charge on any atom is -0.394 e. The lowest BCUT2D eigenvalue weighted by Gasteiger charge is -2.18. The zero-order valence-electron chi connectivity index (χ0n) is 14.9. The van der Waals surface area contributed by atoms with Crippen LogP contribution in [-0.4, -0.2) is 54.5 Å². The molecule has 3 aromatic rings. The van der Waals surface area contributed by atoms with Crippen LogP contribution in [-0.2, 0) is 11.3 Å². The van der Waals surface area contributed by atoms with Gasteiger partial charge >= 0.3 is 5.69 Å². The molecule has 1 aliphatic heterocycles. The van der Waals surface area contributed by atoms with Gasteiger partial charge in [0.25, 0.3) is 5.56 Å². The van der Waals surface area contributed by atoms with Crippen molar-refractivity contribution >= 4 is 11.0 Å². The third-order valence-corrected chi connectivity index (χ3v) is 4.90. The topological polar surface area (TPSA) is 140 Å². The monoisotopic (exact) mass is 389 g/mol. The molecule has 1 aliphatic rings. The first-order valence-corrected chi connectivity index (χ1v) is 8.70. The Kier molecular flexibility index (Phi) is 4.63. The van der Waals surface area contributed by atoms with Crippen LogP contribution < -0.4 is 11.2 Å². The Balaban J connectivity index is 1.73. The van der Waals surface area contributed by atoms with Gasteiger partial charge in [-0.1, -0.05) is 11.2 Å². The quantitative estimate of drug-likeness (QED) is 0.523. The average Bonchev–Trinajstić information content (AvgIpc) is 3.20. The highest BCUT2D eigenvalue weighted by atomic mass is 16.6. The van der Waals surface area contributed by atoms with Crippen molar-refractivity contribution in [1.82, 2.24) is 14.3 Å². The normalized spacial score (nSPS) is 24.9. The largest absolute Gasteiger partial charge is 0.394 e. The second-order valence-corrected chi connectivity index (χ2v) is 6.79. The highest BCUT2D eigenvalue weighted by molar-refractivity contribution is 5.79. The fourth-order valence-corrected chi connectivity index (χ4v) is 3.34. The van der Waals surface area contributed by atoms with E-state index in [-0.39, 0.29) is 6.54 Å². The van der Waals surface area contributed by atoms with Crippen LogP contribution in [0.3, 0.4) is 0 Å². The number of fused-ring (bicyclic) bond motifs is 1. The minimum atomic E-state index is -1.43. The van der Waals surface area contributed by atoms with Crippen LogP contribution >= 0.6 is 0 Å². The summed E-state index contributed by atoms with van der Waals surface area (Å²) in [5, 5.41) is 33.9. The molecule has 0 radical (unpaired) electrons. The van der Waals surface area contributed by atoms with Crippen molar-refractivity contribution in [1.29, 1.82) is 0 Å². The SMILES string of the molecule is Cc1ccc2c(Cn3c(=O)ccn([C@@H]4O[C@H](CO)[C@H](O)[C@@H]4O)c3=O)noc2c1. The third kappa shape index (κ3) is 2.96. The van der Waals surface area contributed by atoms with Gasteiger partial charge in [0.2, 0.25) is 0 Å². The summed E-state index contributed by atoms with van der Waals surface area (Å²) >= 11 is 0. The molecular weight excluding hydrogens is 370 g/mol. The van der Waals surface area contributed by atoms with Crippen molar-refractivity contribution in [3.63, 3.8) is 0 Å². The van der Waals surface area contributed by atoms with E-state index in [1.54, 1.807) is 12.1 Å². The molecule has 10 nitrogen and oxygen atoms in total. The average molecular weight is 389 g/mol. The van der Waals surface area contributed by atoms with Crippen molar-refractivity contribution in [2.24, 2.45) is 0 Å². The molecule has 0 amide bonds. The van der Waals surface area contributed by atoms with E-state index < -0.39 is 42.4 Å². The Morgan fingerprint density at radius 3 is 2.68 bits per heavy atom. The van der Waals surface area contributed by atoms with Gasteiger partial charge in [-0.05, 0) is 24.6 Å². The smallest absolute Gasteiger partial charge is 0.333 e. The molecular formula is C18H19N3O7. The van der Waals surface area contributed by atoms with Gasteiger partial charge in [0.1, 0.15) is 24.0 Å². The highest BCUT2D eigenvalue weighted by Gasteiger charge is 2.43.